The summed E-state index contributed by atoms with van der Waals surface area (Å²) in [5.74, 6) is 0. The largest absolute Gasteiger partial charge is 0.335 e. The van der Waals surface area contributed by atoms with E-state index in [1.807, 2.05) is 23.1 Å². The molecular weight excluding hydrogens is 548 g/mol. The first kappa shape index (κ1) is 25.6. The second-order valence-electron chi connectivity index (χ2n) is 10.2. The van der Waals surface area contributed by atoms with E-state index in [9.17, 15) is 0 Å². The van der Waals surface area contributed by atoms with Gasteiger partial charge >= 0.3 is 0 Å². The van der Waals surface area contributed by atoms with Gasteiger partial charge in [-0.3, -0.25) is 0 Å². The Morgan fingerprint density at radius 2 is 1.55 bits per heavy atom. The Bertz CT molecular complexity index is 1920. The summed E-state index contributed by atoms with van der Waals surface area (Å²) >= 11 is 10.7. The number of halogens is 1. The number of thiazole rings is 1. The molecule has 0 spiro atoms. The molecule has 0 amide bonds. The van der Waals surface area contributed by atoms with E-state index in [0.717, 1.165) is 31.0 Å². The van der Waals surface area contributed by atoms with Crippen molar-refractivity contribution >= 4 is 78.2 Å². The molecule has 7 rings (SSSR count). The fourth-order valence-corrected chi connectivity index (χ4v) is 8.46. The molecule has 2 heterocycles. The highest BCUT2D eigenvalue weighted by molar-refractivity contribution is 8.03. The van der Waals surface area contributed by atoms with Crippen molar-refractivity contribution in [3.63, 3.8) is 0 Å². The van der Waals surface area contributed by atoms with Gasteiger partial charge in [0.15, 0.2) is 0 Å². The molecule has 2 aliphatic rings. The summed E-state index contributed by atoms with van der Waals surface area (Å²) in [6.45, 7) is 6.31. The molecule has 0 fully saturated rings. The van der Waals surface area contributed by atoms with Crippen LogP contribution in [0.5, 0.6) is 0 Å². The zero-order valence-corrected chi connectivity index (χ0v) is 25.0. The third-order valence-electron chi connectivity index (χ3n) is 7.91. The first-order valence-corrected chi connectivity index (χ1v) is 16.0. The van der Waals surface area contributed by atoms with E-state index in [0.29, 0.717) is 0 Å². The van der Waals surface area contributed by atoms with Crippen LogP contribution in [0.2, 0.25) is 0 Å². The molecule has 0 radical (unpaired) electrons. The van der Waals surface area contributed by atoms with Crippen LogP contribution >= 0.6 is 34.7 Å². The summed E-state index contributed by atoms with van der Waals surface area (Å²) in [4.78, 5) is 3.73. The number of aromatic nitrogens is 1. The lowest BCUT2D eigenvalue weighted by molar-refractivity contribution is -0.665. The lowest BCUT2D eigenvalue weighted by Crippen LogP contribution is -2.33. The van der Waals surface area contributed by atoms with E-state index in [-0.39, 0.29) is 0 Å². The first-order valence-electron chi connectivity index (χ1n) is 13.9. The van der Waals surface area contributed by atoms with E-state index >= 15 is 0 Å². The van der Waals surface area contributed by atoms with Gasteiger partial charge in [0.05, 0.1) is 10.7 Å². The van der Waals surface area contributed by atoms with Crippen molar-refractivity contribution < 1.29 is 4.57 Å². The number of benzene rings is 4. The lowest BCUT2D eigenvalue weighted by Gasteiger charge is -2.18. The van der Waals surface area contributed by atoms with Crippen molar-refractivity contribution in [2.24, 2.45) is 0 Å². The van der Waals surface area contributed by atoms with Crippen molar-refractivity contribution in [3.8, 4) is 0 Å². The van der Waals surface area contributed by atoms with Crippen LogP contribution in [0.1, 0.15) is 31.7 Å². The molecule has 4 aromatic carbocycles. The number of aryl methyl sites for hydroxylation is 1. The van der Waals surface area contributed by atoms with Crippen molar-refractivity contribution in [3.05, 3.63) is 117 Å². The van der Waals surface area contributed by atoms with Gasteiger partial charge in [-0.25, -0.2) is 0 Å². The minimum atomic E-state index is 0.900. The molecule has 0 N–H and O–H groups in total. The van der Waals surface area contributed by atoms with Gasteiger partial charge < -0.3 is 4.90 Å². The van der Waals surface area contributed by atoms with Crippen LogP contribution in [0.25, 0.3) is 37.8 Å². The smallest absolute Gasteiger partial charge is 0.262 e. The highest BCUT2D eigenvalue weighted by Crippen LogP contribution is 2.48. The third kappa shape index (κ3) is 4.49. The van der Waals surface area contributed by atoms with Gasteiger partial charge in [0.1, 0.15) is 11.2 Å². The number of thioether (sulfide) groups is 1. The molecule has 0 saturated carbocycles. The normalized spacial score (nSPS) is 17.6. The number of hydrogen-bond acceptors (Lipinski definition) is 3. The standard InChI is InChI=1S/C35H30ClN2S2/c1-3-37-29-19-25-9-5-7-11-27(25)21-31(29)39-33(37)17-15-23-13-14-24(35(23)36)16-18-34-38(4-2)30-20-26-10-6-8-12-28(26)22-32(30)40-34/h5-12,15-22H,3-4,13-14H2,1-2H3/q+1. The Balaban J connectivity index is 1.17. The van der Waals surface area contributed by atoms with Gasteiger partial charge in [-0.05, 0) is 83.7 Å². The second kappa shape index (κ2) is 10.6. The fraction of sp³-hybridized carbons (Fsp3) is 0.171. The highest BCUT2D eigenvalue weighted by Gasteiger charge is 2.25. The molecule has 0 unspecified atom stereocenters. The number of allylic oxidation sites excluding steroid dienone is 6. The Morgan fingerprint density at radius 3 is 2.27 bits per heavy atom. The van der Waals surface area contributed by atoms with Crippen molar-refractivity contribution in [2.75, 3.05) is 11.4 Å². The average molecular weight is 578 g/mol. The molecule has 1 aliphatic carbocycles. The predicted octanol–water partition coefficient (Wildman–Crippen LogP) is 10.2. The molecule has 40 heavy (non-hydrogen) atoms. The van der Waals surface area contributed by atoms with Crippen LogP contribution in [0.15, 0.2) is 117 Å². The molecule has 5 heteroatoms. The van der Waals surface area contributed by atoms with E-state index in [1.54, 1.807) is 0 Å². The predicted molar refractivity (Wildman–Crippen MR) is 175 cm³/mol. The summed E-state index contributed by atoms with van der Waals surface area (Å²) in [5.41, 5.74) is 5.04. The van der Waals surface area contributed by atoms with E-state index in [2.05, 4.69) is 120 Å². The Morgan fingerprint density at radius 1 is 0.850 bits per heavy atom. The number of rotatable bonds is 5. The summed E-state index contributed by atoms with van der Waals surface area (Å²) in [7, 11) is 0. The second-order valence-corrected chi connectivity index (χ2v) is 12.7. The van der Waals surface area contributed by atoms with Gasteiger partial charge in [0.2, 0.25) is 5.52 Å². The van der Waals surface area contributed by atoms with Crippen LogP contribution in [-0.4, -0.2) is 6.54 Å². The van der Waals surface area contributed by atoms with Gasteiger partial charge in [-0.2, -0.15) is 4.57 Å². The number of anilines is 1. The molecule has 198 valence electrons. The van der Waals surface area contributed by atoms with Crippen molar-refractivity contribution in [1.29, 1.82) is 0 Å². The van der Waals surface area contributed by atoms with Crippen LogP contribution in [0.4, 0.5) is 5.69 Å². The maximum atomic E-state index is 6.96. The van der Waals surface area contributed by atoms with Crippen LogP contribution < -0.4 is 9.47 Å². The Kier molecular flexibility index (Phi) is 6.79. The minimum Gasteiger partial charge on any atom is -0.335 e. The summed E-state index contributed by atoms with van der Waals surface area (Å²) in [6.07, 6.45) is 10.9. The van der Waals surface area contributed by atoms with Crippen LogP contribution in [0.3, 0.4) is 0 Å². The fourth-order valence-electron chi connectivity index (χ4n) is 5.83. The maximum absolute atomic E-state index is 6.96. The molecule has 2 nitrogen and oxygen atoms in total. The van der Waals surface area contributed by atoms with E-state index in [1.165, 1.54) is 63.5 Å². The molecular formula is C35H30ClN2S2+. The van der Waals surface area contributed by atoms with Gasteiger partial charge in [0.25, 0.3) is 5.01 Å². The number of fused-ring (bicyclic) bond motifs is 4. The topological polar surface area (TPSA) is 7.12 Å². The number of hydrogen-bond donors (Lipinski definition) is 0. The van der Waals surface area contributed by atoms with Gasteiger partial charge in [0, 0.05) is 28.6 Å². The summed E-state index contributed by atoms with van der Waals surface area (Å²) in [5, 5.41) is 8.57. The molecule has 0 atom stereocenters. The van der Waals surface area contributed by atoms with Gasteiger partial charge in [-0.15, -0.1) is 0 Å². The van der Waals surface area contributed by atoms with E-state index < -0.39 is 0 Å². The first-order chi connectivity index (χ1) is 19.6. The summed E-state index contributed by atoms with van der Waals surface area (Å²) in [6, 6.07) is 26.5. The Hall–Kier alpha value is -3.31. The summed E-state index contributed by atoms with van der Waals surface area (Å²) < 4.78 is 3.73. The van der Waals surface area contributed by atoms with E-state index in [4.69, 9.17) is 11.6 Å². The SMILES string of the molecule is CCN1C(=CC=C2CCC(C=Cc3sc4cc5ccccc5cc4[n+]3CC)=C2Cl)Sc2cc3ccccc3cc21. The molecule has 0 saturated heterocycles. The van der Waals surface area contributed by atoms with Gasteiger partial charge in [-0.1, -0.05) is 95.4 Å². The Labute approximate surface area is 248 Å². The third-order valence-corrected chi connectivity index (χ3v) is 10.6. The molecule has 5 aromatic rings. The molecule has 0 bridgehead atoms. The van der Waals surface area contributed by atoms with Crippen molar-refractivity contribution in [1.82, 2.24) is 0 Å². The maximum Gasteiger partial charge on any atom is 0.262 e. The molecule has 1 aromatic heterocycles. The average Bonchev–Trinajstić information content (AvgIpc) is 3.63. The van der Waals surface area contributed by atoms with Crippen LogP contribution in [-0.2, 0) is 6.54 Å². The lowest BCUT2D eigenvalue weighted by atomic mass is 10.1. The minimum absolute atomic E-state index is 0.900. The molecule has 1 aliphatic heterocycles. The zero-order valence-electron chi connectivity index (χ0n) is 22.7. The monoisotopic (exact) mass is 577 g/mol. The number of nitrogens with zero attached hydrogens (tertiary/aromatic N) is 2. The quantitative estimate of drug-likeness (QED) is 0.192. The van der Waals surface area contributed by atoms with Crippen molar-refractivity contribution in [2.45, 2.75) is 38.1 Å². The van der Waals surface area contributed by atoms with Crippen LogP contribution in [0, 0.1) is 0 Å². The zero-order chi connectivity index (χ0) is 27.2. The highest BCUT2D eigenvalue weighted by atomic mass is 35.5.